The maximum Gasteiger partial charge on any atom is 0.341 e. The van der Waals surface area contributed by atoms with Crippen molar-refractivity contribution in [1.29, 1.82) is 0 Å². The van der Waals surface area contributed by atoms with Crippen LogP contribution in [0.3, 0.4) is 0 Å². The van der Waals surface area contributed by atoms with E-state index in [1.807, 2.05) is 28.1 Å². The number of fused-ring (bicyclic) bond motifs is 3. The Bertz CT molecular complexity index is 1240. The molecule has 2 N–H and O–H groups in total. The summed E-state index contributed by atoms with van der Waals surface area (Å²) in [6.07, 6.45) is 3.57. The van der Waals surface area contributed by atoms with Crippen LogP contribution in [0, 0.1) is 5.92 Å². The summed E-state index contributed by atoms with van der Waals surface area (Å²) >= 11 is 0. The van der Waals surface area contributed by atoms with Crippen molar-refractivity contribution >= 4 is 29.6 Å². The molecule has 2 aromatic rings. The fraction of sp³-hybridized carbons (Fsp3) is 0.400. The minimum atomic E-state index is -0.516. The van der Waals surface area contributed by atoms with Crippen molar-refractivity contribution in [2.45, 2.75) is 12.7 Å². The van der Waals surface area contributed by atoms with Crippen LogP contribution in [0.15, 0.2) is 62.8 Å². The monoisotopic (exact) mass is 506 g/mol. The van der Waals surface area contributed by atoms with Gasteiger partial charge in [-0.2, -0.15) is 0 Å². The molecule has 4 aliphatic rings. The van der Waals surface area contributed by atoms with Crippen molar-refractivity contribution in [3.8, 4) is 5.75 Å². The molecular formula is C25H30N8O4. The molecule has 2 fully saturated rings. The minimum absolute atomic E-state index is 0.103. The van der Waals surface area contributed by atoms with Crippen LogP contribution in [0.25, 0.3) is 5.70 Å². The summed E-state index contributed by atoms with van der Waals surface area (Å²) in [5.74, 6) is 8.45. The highest BCUT2D eigenvalue weighted by atomic mass is 16.5. The fourth-order valence-electron chi connectivity index (χ4n) is 5.22. The maximum atomic E-state index is 13.3. The van der Waals surface area contributed by atoms with Gasteiger partial charge in [-0.3, -0.25) is 4.90 Å². The molecule has 4 aliphatic heterocycles. The summed E-state index contributed by atoms with van der Waals surface area (Å²) in [7, 11) is 3.40. The summed E-state index contributed by atoms with van der Waals surface area (Å²) in [6, 6.07) is 11.6. The second kappa shape index (κ2) is 9.45. The molecule has 0 spiro atoms. The molecular weight excluding hydrogens is 476 g/mol. The Morgan fingerprint density at radius 2 is 2.03 bits per heavy atom. The van der Waals surface area contributed by atoms with Gasteiger partial charge in [0.25, 0.3) is 0 Å². The number of hydrogen-bond donors (Lipinski definition) is 1. The number of carbonyl (C=O) groups is 1. The quantitative estimate of drug-likeness (QED) is 0.427. The Balaban J connectivity index is 1.17. The molecule has 2 atom stereocenters. The van der Waals surface area contributed by atoms with Gasteiger partial charge in [-0.05, 0) is 48.7 Å². The van der Waals surface area contributed by atoms with E-state index in [4.69, 9.17) is 24.7 Å². The van der Waals surface area contributed by atoms with Gasteiger partial charge in [-0.15, -0.1) is 0 Å². The van der Waals surface area contributed by atoms with Crippen molar-refractivity contribution in [3.63, 3.8) is 0 Å². The molecule has 6 rings (SSSR count). The topological polar surface area (TPSA) is 116 Å². The molecule has 37 heavy (non-hydrogen) atoms. The van der Waals surface area contributed by atoms with E-state index in [2.05, 4.69) is 22.0 Å². The van der Waals surface area contributed by atoms with Crippen molar-refractivity contribution in [1.82, 2.24) is 19.9 Å². The summed E-state index contributed by atoms with van der Waals surface area (Å²) in [5, 5.41) is 4.82. The van der Waals surface area contributed by atoms with Crippen LogP contribution in [0.5, 0.6) is 5.75 Å². The number of furan rings is 1. The number of amidine groups is 1. The molecule has 12 heteroatoms. The predicted molar refractivity (Wildman–Crippen MR) is 137 cm³/mol. The van der Waals surface area contributed by atoms with E-state index >= 15 is 0 Å². The van der Waals surface area contributed by atoms with Crippen LogP contribution in [0.2, 0.25) is 0 Å². The number of urea groups is 1. The SMILES string of the molecule is COCCOc1ccc(N2CCC(CN3C(=O)N(C)N4C5=C(c6ccco6)N=CN(N)C5=NC34)C2)cc1. The Morgan fingerprint density at radius 1 is 1.19 bits per heavy atom. The Morgan fingerprint density at radius 3 is 2.78 bits per heavy atom. The predicted octanol–water partition coefficient (Wildman–Crippen LogP) is 2.00. The van der Waals surface area contributed by atoms with E-state index in [-0.39, 0.29) is 6.03 Å². The second-order valence-corrected chi connectivity index (χ2v) is 9.36. The zero-order chi connectivity index (χ0) is 25.5. The zero-order valence-corrected chi connectivity index (χ0v) is 20.9. The number of benzene rings is 1. The molecule has 0 saturated carbocycles. The van der Waals surface area contributed by atoms with E-state index in [0.29, 0.717) is 48.7 Å². The highest BCUT2D eigenvalue weighted by Crippen LogP contribution is 2.39. The normalized spacial score (nSPS) is 22.8. The van der Waals surface area contributed by atoms with Gasteiger partial charge in [0, 0.05) is 39.5 Å². The first-order valence-electron chi connectivity index (χ1n) is 12.3. The summed E-state index contributed by atoms with van der Waals surface area (Å²) in [5.41, 5.74) is 2.39. The van der Waals surface area contributed by atoms with Crippen LogP contribution < -0.4 is 15.5 Å². The largest absolute Gasteiger partial charge is 0.491 e. The van der Waals surface area contributed by atoms with Gasteiger partial charge in [-0.25, -0.2) is 35.6 Å². The van der Waals surface area contributed by atoms with E-state index in [1.165, 1.54) is 11.3 Å². The lowest BCUT2D eigenvalue weighted by molar-refractivity contribution is 0.0842. The zero-order valence-electron chi connectivity index (χ0n) is 20.9. The van der Waals surface area contributed by atoms with Crippen LogP contribution in [-0.2, 0) is 4.74 Å². The van der Waals surface area contributed by atoms with E-state index in [9.17, 15) is 4.79 Å². The van der Waals surface area contributed by atoms with Gasteiger partial charge in [0.1, 0.15) is 30.1 Å². The summed E-state index contributed by atoms with van der Waals surface area (Å²) < 4.78 is 16.3. The van der Waals surface area contributed by atoms with Crippen LogP contribution in [0.4, 0.5) is 10.5 Å². The number of hydrazine groups is 2. The maximum absolute atomic E-state index is 13.3. The molecule has 0 aliphatic carbocycles. The molecule has 5 heterocycles. The number of nitrogens with zero attached hydrogens (tertiary/aromatic N) is 7. The van der Waals surface area contributed by atoms with Gasteiger partial charge in [0.2, 0.25) is 6.29 Å². The summed E-state index contributed by atoms with van der Waals surface area (Å²) in [4.78, 5) is 26.8. The molecule has 1 aromatic heterocycles. The molecule has 2 saturated heterocycles. The first kappa shape index (κ1) is 23.4. The lowest BCUT2D eigenvalue weighted by atomic mass is 10.1. The number of rotatable bonds is 8. The third kappa shape index (κ3) is 4.07. The first-order valence-corrected chi connectivity index (χ1v) is 12.3. The van der Waals surface area contributed by atoms with Crippen LogP contribution in [-0.4, -0.2) is 91.4 Å². The third-order valence-corrected chi connectivity index (χ3v) is 7.06. The number of methoxy groups -OCH3 is 1. The molecule has 1 aromatic carbocycles. The average Bonchev–Trinajstić information content (AvgIpc) is 3.70. The van der Waals surface area contributed by atoms with Crippen LogP contribution in [0.1, 0.15) is 12.2 Å². The lowest BCUT2D eigenvalue weighted by Gasteiger charge is -2.28. The second-order valence-electron chi connectivity index (χ2n) is 9.36. The van der Waals surface area contributed by atoms with Crippen molar-refractivity contribution in [3.05, 3.63) is 54.1 Å². The average molecular weight is 507 g/mol. The minimum Gasteiger partial charge on any atom is -0.491 e. The van der Waals surface area contributed by atoms with Crippen molar-refractivity contribution < 1.29 is 18.7 Å². The molecule has 2 unspecified atom stereocenters. The van der Waals surface area contributed by atoms with Crippen molar-refractivity contribution in [2.24, 2.45) is 21.7 Å². The molecule has 194 valence electrons. The van der Waals surface area contributed by atoms with E-state index < -0.39 is 6.29 Å². The Labute approximate surface area is 214 Å². The van der Waals surface area contributed by atoms with Gasteiger partial charge >= 0.3 is 6.03 Å². The molecule has 0 radical (unpaired) electrons. The third-order valence-electron chi connectivity index (χ3n) is 7.06. The smallest absolute Gasteiger partial charge is 0.341 e. The van der Waals surface area contributed by atoms with Crippen molar-refractivity contribution in [2.75, 3.05) is 51.9 Å². The fourth-order valence-corrected chi connectivity index (χ4v) is 5.22. The Hall–Kier alpha value is -4.03. The number of ether oxygens (including phenoxy) is 2. The van der Waals surface area contributed by atoms with E-state index in [1.54, 1.807) is 31.5 Å². The summed E-state index contributed by atoms with van der Waals surface area (Å²) in [6.45, 7) is 3.45. The highest BCUT2D eigenvalue weighted by molar-refractivity contribution is 6.12. The number of nitrogens with two attached hydrogens (primary N) is 1. The number of anilines is 1. The van der Waals surface area contributed by atoms with Gasteiger partial charge in [-0.1, -0.05) is 0 Å². The van der Waals surface area contributed by atoms with Gasteiger partial charge < -0.3 is 18.8 Å². The van der Waals surface area contributed by atoms with E-state index in [0.717, 1.165) is 30.9 Å². The molecule has 0 bridgehead atoms. The standard InChI is InChI=1S/C25H30N8O4/c1-29-25(34)31(15-17-9-10-30(14-17)18-5-7-19(8-6-18)36-13-12-35-2)24-28-23-22(33(24)29)21(27-16-32(23)26)20-4-3-11-37-20/h3-8,11,16-17,24H,9-10,12-15,26H2,1-2H3. The Kier molecular flexibility index (Phi) is 5.97. The van der Waals surface area contributed by atoms with Gasteiger partial charge in [0.15, 0.2) is 11.6 Å². The number of hydrogen-bond acceptors (Lipinski definition) is 10. The first-order chi connectivity index (χ1) is 18.0. The number of carbonyl (C=O) groups excluding carboxylic acids is 1. The molecule has 2 amide bonds. The highest BCUT2D eigenvalue weighted by Gasteiger charge is 2.52. The lowest BCUT2D eigenvalue weighted by Crippen LogP contribution is -2.44. The molecule has 12 nitrogen and oxygen atoms in total. The van der Waals surface area contributed by atoms with Gasteiger partial charge in [0.05, 0.1) is 12.9 Å². The number of aliphatic imine (C=N–C) groups is 2. The van der Waals surface area contributed by atoms with Crippen LogP contribution >= 0.6 is 0 Å². The number of amides is 2.